The van der Waals surface area contributed by atoms with E-state index in [1.165, 1.54) is 12.3 Å². The SMILES string of the molecule is O=C(CCl)c1c[nH]c2cccc(OC(F)F)c12. The smallest absolute Gasteiger partial charge is 0.387 e. The molecular formula is C11H8ClF2NO2. The predicted octanol–water partition coefficient (Wildman–Crippen LogP) is 3.19. The number of halogens is 3. The van der Waals surface area contributed by atoms with Gasteiger partial charge >= 0.3 is 6.61 Å². The fourth-order valence-corrected chi connectivity index (χ4v) is 1.78. The van der Waals surface area contributed by atoms with Crippen LogP contribution in [0.25, 0.3) is 10.9 Å². The number of hydrogen-bond donors (Lipinski definition) is 1. The van der Waals surface area contributed by atoms with Gasteiger partial charge in [-0.05, 0) is 12.1 Å². The first-order valence-electron chi connectivity index (χ1n) is 4.77. The van der Waals surface area contributed by atoms with Crippen molar-refractivity contribution in [3.63, 3.8) is 0 Å². The molecule has 0 aliphatic rings. The maximum atomic E-state index is 12.2. The summed E-state index contributed by atoms with van der Waals surface area (Å²) in [5.41, 5.74) is 0.808. The molecule has 1 heterocycles. The summed E-state index contributed by atoms with van der Waals surface area (Å²) in [6.07, 6.45) is 1.44. The lowest BCUT2D eigenvalue weighted by atomic mass is 10.1. The van der Waals surface area contributed by atoms with Crippen molar-refractivity contribution in [2.75, 3.05) is 5.88 Å². The minimum Gasteiger partial charge on any atom is -0.434 e. The lowest BCUT2D eigenvalue weighted by molar-refractivity contribution is -0.0488. The van der Waals surface area contributed by atoms with Gasteiger partial charge in [0.05, 0.1) is 11.3 Å². The van der Waals surface area contributed by atoms with Gasteiger partial charge in [0, 0.05) is 17.3 Å². The molecule has 0 saturated carbocycles. The number of carbonyl (C=O) groups excluding carboxylic acids is 1. The molecule has 0 aliphatic carbocycles. The molecule has 6 heteroatoms. The van der Waals surface area contributed by atoms with E-state index in [1.807, 2.05) is 0 Å². The number of alkyl halides is 3. The zero-order valence-corrected chi connectivity index (χ0v) is 9.30. The molecule has 0 amide bonds. The molecule has 2 rings (SSSR count). The fourth-order valence-electron chi connectivity index (χ4n) is 1.64. The Labute approximate surface area is 100 Å². The third kappa shape index (κ3) is 2.24. The van der Waals surface area contributed by atoms with Crippen molar-refractivity contribution in [1.29, 1.82) is 0 Å². The molecule has 1 aromatic heterocycles. The Morgan fingerprint density at radius 1 is 1.47 bits per heavy atom. The average Bonchev–Trinajstić information content (AvgIpc) is 2.72. The first-order valence-corrected chi connectivity index (χ1v) is 5.31. The van der Waals surface area contributed by atoms with Gasteiger partial charge in [-0.15, -0.1) is 11.6 Å². The van der Waals surface area contributed by atoms with E-state index >= 15 is 0 Å². The molecule has 0 unspecified atom stereocenters. The van der Waals surface area contributed by atoms with Crippen LogP contribution >= 0.6 is 11.6 Å². The van der Waals surface area contributed by atoms with Crippen LogP contribution in [0.3, 0.4) is 0 Å². The Balaban J connectivity index is 2.59. The van der Waals surface area contributed by atoms with Gasteiger partial charge in [0.25, 0.3) is 0 Å². The standard InChI is InChI=1S/C11H8ClF2NO2/c12-4-8(16)6-5-15-7-2-1-3-9(10(6)7)17-11(13)14/h1-3,5,11,15H,4H2. The van der Waals surface area contributed by atoms with Crippen molar-refractivity contribution < 1.29 is 18.3 Å². The Bertz CT molecular complexity index is 553. The van der Waals surface area contributed by atoms with Crippen molar-refractivity contribution in [3.8, 4) is 5.75 Å². The summed E-state index contributed by atoms with van der Waals surface area (Å²) in [6.45, 7) is -2.94. The fraction of sp³-hybridized carbons (Fsp3) is 0.182. The summed E-state index contributed by atoms with van der Waals surface area (Å²) in [5, 5.41) is 0.332. The van der Waals surface area contributed by atoms with E-state index in [4.69, 9.17) is 11.6 Å². The van der Waals surface area contributed by atoms with E-state index in [9.17, 15) is 13.6 Å². The van der Waals surface area contributed by atoms with E-state index in [-0.39, 0.29) is 23.0 Å². The van der Waals surface area contributed by atoms with Gasteiger partial charge in [0.2, 0.25) is 0 Å². The van der Waals surface area contributed by atoms with Crippen LogP contribution in [0.5, 0.6) is 5.75 Å². The van der Waals surface area contributed by atoms with E-state index < -0.39 is 6.61 Å². The number of ketones is 1. The number of Topliss-reactive ketones (excluding diaryl/α,β-unsaturated/α-hetero) is 1. The number of hydrogen-bond acceptors (Lipinski definition) is 2. The molecule has 0 fully saturated rings. The number of H-pyrrole nitrogens is 1. The van der Waals surface area contributed by atoms with Gasteiger partial charge in [-0.3, -0.25) is 4.79 Å². The predicted molar refractivity (Wildman–Crippen MR) is 60.0 cm³/mol. The Hall–Kier alpha value is -1.62. The van der Waals surface area contributed by atoms with Crippen molar-refractivity contribution in [2.45, 2.75) is 6.61 Å². The molecule has 1 aromatic carbocycles. The first kappa shape index (κ1) is 11.9. The molecule has 1 N–H and O–H groups in total. The molecule has 0 atom stereocenters. The zero-order chi connectivity index (χ0) is 12.4. The van der Waals surface area contributed by atoms with Gasteiger partial charge in [0.15, 0.2) is 5.78 Å². The molecule has 0 aliphatic heterocycles. The van der Waals surface area contributed by atoms with Crippen LogP contribution in [0.4, 0.5) is 8.78 Å². The summed E-state index contributed by atoms with van der Waals surface area (Å²) in [5.74, 6) is -0.592. The normalized spacial score (nSPS) is 11.1. The summed E-state index contributed by atoms with van der Waals surface area (Å²) in [7, 11) is 0. The summed E-state index contributed by atoms with van der Waals surface area (Å²) < 4.78 is 28.8. The van der Waals surface area contributed by atoms with E-state index in [0.29, 0.717) is 10.9 Å². The van der Waals surface area contributed by atoms with Gasteiger partial charge in [-0.25, -0.2) is 0 Å². The highest BCUT2D eigenvalue weighted by atomic mass is 35.5. The molecule has 3 nitrogen and oxygen atoms in total. The minimum absolute atomic E-state index is 0.0350. The minimum atomic E-state index is -2.94. The number of rotatable bonds is 4. The molecule has 17 heavy (non-hydrogen) atoms. The molecule has 0 radical (unpaired) electrons. The van der Waals surface area contributed by atoms with Crippen LogP contribution in [0.2, 0.25) is 0 Å². The number of aromatic nitrogens is 1. The van der Waals surface area contributed by atoms with E-state index in [1.54, 1.807) is 12.1 Å². The number of aromatic amines is 1. The number of carbonyl (C=O) groups is 1. The molecule has 0 saturated heterocycles. The summed E-state index contributed by atoms with van der Waals surface area (Å²) in [4.78, 5) is 14.3. The van der Waals surface area contributed by atoms with Crippen molar-refractivity contribution in [3.05, 3.63) is 30.0 Å². The van der Waals surface area contributed by atoms with Crippen molar-refractivity contribution in [1.82, 2.24) is 4.98 Å². The largest absolute Gasteiger partial charge is 0.434 e. The van der Waals surface area contributed by atoms with Gasteiger partial charge in [-0.1, -0.05) is 6.07 Å². The molecule has 0 spiro atoms. The van der Waals surface area contributed by atoms with E-state index in [0.717, 1.165) is 0 Å². The Morgan fingerprint density at radius 3 is 2.88 bits per heavy atom. The molecular weight excluding hydrogens is 252 g/mol. The first-order chi connectivity index (χ1) is 8.13. The average molecular weight is 260 g/mol. The van der Waals surface area contributed by atoms with Crippen LogP contribution in [-0.4, -0.2) is 23.3 Å². The van der Waals surface area contributed by atoms with Crippen LogP contribution in [0.15, 0.2) is 24.4 Å². The number of ether oxygens (including phenoxy) is 1. The lowest BCUT2D eigenvalue weighted by Crippen LogP contribution is -2.04. The second-order valence-electron chi connectivity index (χ2n) is 3.32. The second-order valence-corrected chi connectivity index (χ2v) is 3.58. The van der Waals surface area contributed by atoms with Crippen molar-refractivity contribution in [2.24, 2.45) is 0 Å². The van der Waals surface area contributed by atoms with Crippen LogP contribution in [0, 0.1) is 0 Å². The third-order valence-electron chi connectivity index (χ3n) is 2.31. The zero-order valence-electron chi connectivity index (χ0n) is 8.54. The molecule has 90 valence electrons. The topological polar surface area (TPSA) is 42.1 Å². The number of nitrogens with one attached hydrogen (secondary N) is 1. The molecule has 2 aromatic rings. The highest BCUT2D eigenvalue weighted by Gasteiger charge is 2.16. The van der Waals surface area contributed by atoms with Gasteiger partial charge < -0.3 is 9.72 Å². The summed E-state index contributed by atoms with van der Waals surface area (Å²) in [6, 6.07) is 4.61. The van der Waals surface area contributed by atoms with Crippen LogP contribution in [0.1, 0.15) is 10.4 Å². The summed E-state index contributed by atoms with van der Waals surface area (Å²) >= 11 is 5.45. The van der Waals surface area contributed by atoms with Gasteiger partial charge in [-0.2, -0.15) is 8.78 Å². The Kier molecular flexibility index (Phi) is 3.28. The van der Waals surface area contributed by atoms with Crippen molar-refractivity contribution >= 4 is 28.3 Å². The number of benzene rings is 1. The second kappa shape index (κ2) is 4.71. The highest BCUT2D eigenvalue weighted by molar-refractivity contribution is 6.32. The number of fused-ring (bicyclic) bond motifs is 1. The Morgan fingerprint density at radius 2 is 2.24 bits per heavy atom. The maximum Gasteiger partial charge on any atom is 0.387 e. The highest BCUT2D eigenvalue weighted by Crippen LogP contribution is 2.30. The maximum absolute atomic E-state index is 12.2. The van der Waals surface area contributed by atoms with E-state index in [2.05, 4.69) is 9.72 Å². The molecule has 0 bridgehead atoms. The van der Waals surface area contributed by atoms with Crippen LogP contribution in [-0.2, 0) is 0 Å². The quantitative estimate of drug-likeness (QED) is 0.677. The lowest BCUT2D eigenvalue weighted by Gasteiger charge is -2.06. The monoisotopic (exact) mass is 259 g/mol. The third-order valence-corrected chi connectivity index (χ3v) is 2.55. The van der Waals surface area contributed by atoms with Crippen LogP contribution < -0.4 is 4.74 Å². The van der Waals surface area contributed by atoms with Gasteiger partial charge in [0.1, 0.15) is 5.75 Å².